The highest BCUT2D eigenvalue weighted by Crippen LogP contribution is 2.16. The number of nitrogens with one attached hydrogen (secondary N) is 1. The monoisotopic (exact) mass is 278 g/mol. The van der Waals surface area contributed by atoms with Gasteiger partial charge < -0.3 is 5.32 Å². The molecule has 21 heavy (non-hydrogen) atoms. The summed E-state index contributed by atoms with van der Waals surface area (Å²) in [6.07, 6.45) is 7.60. The van der Waals surface area contributed by atoms with E-state index in [4.69, 9.17) is 0 Å². The molecule has 0 bridgehead atoms. The summed E-state index contributed by atoms with van der Waals surface area (Å²) in [5.41, 5.74) is 2.38. The Bertz CT molecular complexity index is 662. The largest absolute Gasteiger partial charge is 0.382 e. The summed E-state index contributed by atoms with van der Waals surface area (Å²) in [6, 6.07) is 16.4. The van der Waals surface area contributed by atoms with E-state index in [1.165, 1.54) is 5.56 Å². The lowest BCUT2D eigenvalue weighted by Gasteiger charge is -2.10. The highest BCUT2D eigenvalue weighted by atomic mass is 15.3. The number of benzene rings is 1. The minimum Gasteiger partial charge on any atom is -0.382 e. The van der Waals surface area contributed by atoms with Crippen molar-refractivity contribution in [3.63, 3.8) is 0 Å². The smallest absolute Gasteiger partial charge is 0.176 e. The molecule has 0 radical (unpaired) electrons. The minimum absolute atomic E-state index is 0.835. The van der Waals surface area contributed by atoms with Gasteiger partial charge in [-0.1, -0.05) is 30.3 Å². The predicted molar refractivity (Wildman–Crippen MR) is 84.6 cm³/mol. The molecule has 3 aromatic rings. The zero-order chi connectivity index (χ0) is 14.3. The van der Waals surface area contributed by atoms with Gasteiger partial charge in [-0.05, 0) is 36.6 Å². The Kier molecular flexibility index (Phi) is 4.27. The molecule has 2 aromatic heterocycles. The Morgan fingerprint density at radius 1 is 0.952 bits per heavy atom. The predicted octanol–water partition coefficient (Wildman–Crippen LogP) is 3.31. The van der Waals surface area contributed by atoms with Crippen molar-refractivity contribution in [2.45, 2.75) is 12.8 Å². The molecular formula is C17H18N4. The minimum atomic E-state index is 0.835. The van der Waals surface area contributed by atoms with E-state index in [1.54, 1.807) is 17.1 Å². The molecule has 0 saturated heterocycles. The molecule has 106 valence electrons. The van der Waals surface area contributed by atoms with Gasteiger partial charge in [-0.15, -0.1) is 0 Å². The van der Waals surface area contributed by atoms with Crippen LogP contribution in [0.5, 0.6) is 0 Å². The number of pyridine rings is 1. The van der Waals surface area contributed by atoms with Crippen LogP contribution in [0.4, 0.5) is 5.69 Å². The molecule has 0 aliphatic carbocycles. The van der Waals surface area contributed by atoms with Gasteiger partial charge in [0.05, 0.1) is 5.69 Å². The fraction of sp³-hybridized carbons (Fsp3) is 0.176. The SMILES string of the molecule is c1ccc(CCCNc2cccnc2-n2cccn2)cc1. The third-order valence-electron chi connectivity index (χ3n) is 3.31. The molecule has 0 aliphatic heterocycles. The Morgan fingerprint density at radius 3 is 2.67 bits per heavy atom. The second kappa shape index (κ2) is 6.70. The van der Waals surface area contributed by atoms with Crippen molar-refractivity contribution in [2.75, 3.05) is 11.9 Å². The third-order valence-corrected chi connectivity index (χ3v) is 3.31. The lowest BCUT2D eigenvalue weighted by Crippen LogP contribution is -2.08. The summed E-state index contributed by atoms with van der Waals surface area (Å²) in [4.78, 5) is 4.40. The molecule has 3 rings (SSSR count). The molecule has 0 spiro atoms. The van der Waals surface area contributed by atoms with Crippen molar-refractivity contribution in [3.8, 4) is 5.82 Å². The summed E-state index contributed by atoms with van der Waals surface area (Å²) in [7, 11) is 0. The number of nitrogens with zero attached hydrogens (tertiary/aromatic N) is 3. The van der Waals surface area contributed by atoms with Crippen LogP contribution >= 0.6 is 0 Å². The van der Waals surface area contributed by atoms with Crippen LogP contribution < -0.4 is 5.32 Å². The fourth-order valence-corrected chi connectivity index (χ4v) is 2.27. The van der Waals surface area contributed by atoms with Gasteiger partial charge in [-0.25, -0.2) is 9.67 Å². The molecule has 0 unspecified atom stereocenters. The van der Waals surface area contributed by atoms with Crippen molar-refractivity contribution >= 4 is 5.69 Å². The van der Waals surface area contributed by atoms with Crippen LogP contribution in [0.15, 0.2) is 67.1 Å². The molecule has 2 heterocycles. The molecule has 0 amide bonds. The van der Waals surface area contributed by atoms with Crippen LogP contribution in [0.3, 0.4) is 0 Å². The Labute approximate surface area is 124 Å². The number of hydrogen-bond acceptors (Lipinski definition) is 3. The van der Waals surface area contributed by atoms with E-state index in [9.17, 15) is 0 Å². The zero-order valence-electron chi connectivity index (χ0n) is 11.8. The first kappa shape index (κ1) is 13.4. The van der Waals surface area contributed by atoms with E-state index in [1.807, 2.05) is 30.5 Å². The van der Waals surface area contributed by atoms with Crippen molar-refractivity contribution in [2.24, 2.45) is 0 Å². The summed E-state index contributed by atoms with van der Waals surface area (Å²) in [5.74, 6) is 0.835. The van der Waals surface area contributed by atoms with Crippen molar-refractivity contribution in [1.29, 1.82) is 0 Å². The second-order valence-electron chi connectivity index (χ2n) is 4.84. The number of aryl methyl sites for hydroxylation is 1. The van der Waals surface area contributed by atoms with Gasteiger partial charge in [0.25, 0.3) is 0 Å². The topological polar surface area (TPSA) is 42.7 Å². The first-order valence-corrected chi connectivity index (χ1v) is 7.16. The molecule has 1 aromatic carbocycles. The van der Waals surface area contributed by atoms with Gasteiger partial charge in [0.15, 0.2) is 5.82 Å². The standard InChI is InChI=1S/C17H18N4/c1-2-7-15(8-3-1)9-4-11-18-16-10-5-12-19-17(16)21-14-6-13-20-21/h1-3,5-8,10,12-14,18H,4,9,11H2. The van der Waals surface area contributed by atoms with E-state index >= 15 is 0 Å². The first-order chi connectivity index (χ1) is 10.4. The van der Waals surface area contributed by atoms with Crippen LogP contribution in [0, 0.1) is 0 Å². The van der Waals surface area contributed by atoms with Gasteiger partial charge in [-0.2, -0.15) is 5.10 Å². The average molecular weight is 278 g/mol. The van der Waals surface area contributed by atoms with Gasteiger partial charge in [0.1, 0.15) is 0 Å². The summed E-state index contributed by atoms with van der Waals surface area (Å²) in [5, 5.41) is 7.69. The second-order valence-corrected chi connectivity index (χ2v) is 4.84. The average Bonchev–Trinajstić information content (AvgIpc) is 3.07. The molecule has 0 fully saturated rings. The van der Waals surface area contributed by atoms with Crippen molar-refractivity contribution < 1.29 is 0 Å². The lowest BCUT2D eigenvalue weighted by atomic mass is 10.1. The quantitative estimate of drug-likeness (QED) is 0.703. The van der Waals surface area contributed by atoms with Gasteiger partial charge in [0, 0.05) is 25.1 Å². The van der Waals surface area contributed by atoms with Crippen LogP contribution in [0.1, 0.15) is 12.0 Å². The van der Waals surface area contributed by atoms with Crippen LogP contribution in [-0.2, 0) is 6.42 Å². The van der Waals surface area contributed by atoms with Gasteiger partial charge in [-0.3, -0.25) is 0 Å². The fourth-order valence-electron chi connectivity index (χ4n) is 2.27. The van der Waals surface area contributed by atoms with Crippen LogP contribution in [0.2, 0.25) is 0 Å². The Morgan fingerprint density at radius 2 is 1.86 bits per heavy atom. The van der Waals surface area contributed by atoms with E-state index in [0.717, 1.165) is 30.9 Å². The van der Waals surface area contributed by atoms with Crippen LogP contribution in [-0.4, -0.2) is 21.3 Å². The van der Waals surface area contributed by atoms with E-state index in [0.29, 0.717) is 0 Å². The zero-order valence-corrected chi connectivity index (χ0v) is 11.8. The molecule has 0 atom stereocenters. The molecule has 4 heteroatoms. The molecule has 4 nitrogen and oxygen atoms in total. The summed E-state index contributed by atoms with van der Waals surface area (Å²) < 4.78 is 1.78. The maximum Gasteiger partial charge on any atom is 0.176 e. The van der Waals surface area contributed by atoms with Crippen LogP contribution in [0.25, 0.3) is 5.82 Å². The van der Waals surface area contributed by atoms with E-state index < -0.39 is 0 Å². The third kappa shape index (κ3) is 3.48. The highest BCUT2D eigenvalue weighted by molar-refractivity contribution is 5.56. The van der Waals surface area contributed by atoms with Crippen molar-refractivity contribution in [3.05, 3.63) is 72.7 Å². The Hall–Kier alpha value is -2.62. The van der Waals surface area contributed by atoms with Crippen molar-refractivity contribution in [1.82, 2.24) is 14.8 Å². The Balaban J connectivity index is 1.59. The van der Waals surface area contributed by atoms with E-state index in [-0.39, 0.29) is 0 Å². The maximum absolute atomic E-state index is 4.40. The summed E-state index contributed by atoms with van der Waals surface area (Å²) >= 11 is 0. The lowest BCUT2D eigenvalue weighted by molar-refractivity contribution is 0.833. The first-order valence-electron chi connectivity index (χ1n) is 7.16. The maximum atomic E-state index is 4.40. The highest BCUT2D eigenvalue weighted by Gasteiger charge is 2.04. The number of rotatable bonds is 6. The molecule has 0 aliphatic rings. The number of hydrogen-bond donors (Lipinski definition) is 1. The molecule has 0 saturated carbocycles. The number of aromatic nitrogens is 3. The van der Waals surface area contributed by atoms with Gasteiger partial charge >= 0.3 is 0 Å². The normalized spacial score (nSPS) is 10.5. The molecular weight excluding hydrogens is 260 g/mol. The van der Waals surface area contributed by atoms with Gasteiger partial charge in [0.2, 0.25) is 0 Å². The number of anilines is 1. The van der Waals surface area contributed by atoms with E-state index in [2.05, 4.69) is 39.7 Å². The molecule has 1 N–H and O–H groups in total. The summed E-state index contributed by atoms with van der Waals surface area (Å²) in [6.45, 7) is 0.912.